The fraction of sp³-hybridized carbons (Fsp3) is 0.238. The van der Waals surface area contributed by atoms with Crippen LogP contribution < -0.4 is 16.0 Å². The van der Waals surface area contributed by atoms with Crippen LogP contribution in [-0.2, 0) is 4.79 Å². The smallest absolute Gasteiger partial charge is 0.224 e. The van der Waals surface area contributed by atoms with E-state index in [1.54, 1.807) is 6.20 Å². The Morgan fingerprint density at radius 2 is 1.64 bits per heavy atom. The van der Waals surface area contributed by atoms with Crippen LogP contribution in [0, 0.1) is 6.92 Å². The minimum absolute atomic E-state index is 0.0409. The third-order valence-corrected chi connectivity index (χ3v) is 3.96. The van der Waals surface area contributed by atoms with E-state index in [4.69, 9.17) is 0 Å². The molecule has 0 radical (unpaired) electrons. The van der Waals surface area contributed by atoms with Gasteiger partial charge in [0.25, 0.3) is 0 Å². The second-order valence-corrected chi connectivity index (χ2v) is 6.38. The summed E-state index contributed by atoms with van der Waals surface area (Å²) in [6.45, 7) is 3.91. The summed E-state index contributed by atoms with van der Waals surface area (Å²) in [5.41, 5.74) is 1.65. The molecule has 0 unspecified atom stereocenters. The van der Waals surface area contributed by atoms with Gasteiger partial charge in [-0.05, 0) is 49.7 Å². The average Bonchev–Trinajstić information content (AvgIpc) is 2.68. The van der Waals surface area contributed by atoms with Crippen molar-refractivity contribution in [2.45, 2.75) is 33.1 Å². The van der Waals surface area contributed by atoms with Gasteiger partial charge in [0.05, 0.1) is 0 Å². The number of unbranched alkanes of at least 4 members (excludes halogenated alkanes) is 1. The lowest BCUT2D eigenvalue weighted by Gasteiger charge is -2.11. The number of rotatable bonds is 8. The second-order valence-electron chi connectivity index (χ2n) is 6.38. The van der Waals surface area contributed by atoms with Crippen LogP contribution in [0.4, 0.5) is 28.8 Å². The van der Waals surface area contributed by atoms with E-state index in [0.717, 1.165) is 30.0 Å². The number of carbonyl (C=O) groups excluding carboxylic acids is 1. The van der Waals surface area contributed by atoms with E-state index in [-0.39, 0.29) is 5.91 Å². The highest BCUT2D eigenvalue weighted by Crippen LogP contribution is 2.21. The third-order valence-electron chi connectivity index (χ3n) is 3.96. The molecule has 0 saturated carbocycles. The van der Waals surface area contributed by atoms with E-state index in [9.17, 15) is 4.79 Å². The van der Waals surface area contributed by atoms with Gasteiger partial charge >= 0.3 is 0 Å². The molecule has 2 aromatic heterocycles. The van der Waals surface area contributed by atoms with Crippen molar-refractivity contribution in [3.8, 4) is 0 Å². The zero-order valence-electron chi connectivity index (χ0n) is 16.1. The molecular weight excluding hydrogens is 352 g/mol. The third kappa shape index (κ3) is 5.77. The number of hydrogen-bond acceptors (Lipinski definition) is 6. The summed E-state index contributed by atoms with van der Waals surface area (Å²) in [4.78, 5) is 24.9. The van der Waals surface area contributed by atoms with Crippen molar-refractivity contribution in [1.82, 2.24) is 15.0 Å². The number of aromatic nitrogens is 3. The molecule has 28 heavy (non-hydrogen) atoms. The van der Waals surface area contributed by atoms with Gasteiger partial charge in [0, 0.05) is 30.1 Å². The molecule has 1 amide bonds. The molecule has 0 atom stereocenters. The first-order valence-corrected chi connectivity index (χ1v) is 9.33. The van der Waals surface area contributed by atoms with Crippen molar-refractivity contribution in [1.29, 1.82) is 0 Å². The fourth-order valence-corrected chi connectivity index (χ4v) is 2.61. The SMILES string of the molecule is CCCCC(=O)Nc1ccc(Nc2cc(Nc3ccccn3)nc(C)n2)cc1. The van der Waals surface area contributed by atoms with E-state index < -0.39 is 0 Å². The predicted octanol–water partition coefficient (Wildman–Crippen LogP) is 4.80. The summed E-state index contributed by atoms with van der Waals surface area (Å²) in [5.74, 6) is 2.73. The van der Waals surface area contributed by atoms with Crippen molar-refractivity contribution < 1.29 is 4.79 Å². The molecule has 0 aliphatic rings. The molecule has 3 aromatic rings. The van der Waals surface area contributed by atoms with Gasteiger partial charge in [0.15, 0.2) is 0 Å². The minimum Gasteiger partial charge on any atom is -0.340 e. The second kappa shape index (κ2) is 9.45. The maximum atomic E-state index is 11.8. The molecule has 0 spiro atoms. The van der Waals surface area contributed by atoms with Crippen molar-refractivity contribution in [2.75, 3.05) is 16.0 Å². The Bertz CT molecular complexity index is 912. The van der Waals surface area contributed by atoms with Crippen molar-refractivity contribution in [3.63, 3.8) is 0 Å². The van der Waals surface area contributed by atoms with Gasteiger partial charge in [-0.15, -0.1) is 0 Å². The van der Waals surface area contributed by atoms with E-state index in [2.05, 4.69) is 37.8 Å². The average molecular weight is 376 g/mol. The standard InChI is InChI=1S/C21H24N6O/c1-3-4-8-21(28)26-17-11-9-16(10-12-17)25-19-14-20(24-15(2)23-19)27-18-7-5-6-13-22-18/h5-7,9-14H,3-4,8H2,1-2H3,(H,26,28)(H2,22,23,24,25,27). The molecule has 2 heterocycles. The van der Waals surface area contributed by atoms with Gasteiger partial charge in [-0.2, -0.15) is 0 Å². The Balaban J connectivity index is 1.65. The summed E-state index contributed by atoms with van der Waals surface area (Å²) in [6.07, 6.45) is 4.17. The minimum atomic E-state index is 0.0409. The molecule has 144 valence electrons. The molecule has 0 bridgehead atoms. The summed E-state index contributed by atoms with van der Waals surface area (Å²) in [7, 11) is 0. The van der Waals surface area contributed by atoms with E-state index in [0.29, 0.717) is 23.9 Å². The lowest BCUT2D eigenvalue weighted by atomic mass is 10.2. The van der Waals surface area contributed by atoms with Crippen LogP contribution in [0.25, 0.3) is 0 Å². The number of hydrogen-bond donors (Lipinski definition) is 3. The lowest BCUT2D eigenvalue weighted by Crippen LogP contribution is -2.10. The summed E-state index contributed by atoms with van der Waals surface area (Å²) in [6, 6.07) is 15.0. The zero-order chi connectivity index (χ0) is 19.8. The van der Waals surface area contributed by atoms with Crippen LogP contribution in [-0.4, -0.2) is 20.9 Å². The topological polar surface area (TPSA) is 91.8 Å². The number of benzene rings is 1. The first-order chi connectivity index (χ1) is 13.6. The molecule has 7 nitrogen and oxygen atoms in total. The van der Waals surface area contributed by atoms with E-state index in [1.807, 2.05) is 55.5 Å². The molecule has 3 N–H and O–H groups in total. The zero-order valence-corrected chi connectivity index (χ0v) is 16.1. The molecule has 0 saturated heterocycles. The molecule has 0 aliphatic carbocycles. The summed E-state index contributed by atoms with van der Waals surface area (Å²) in [5, 5.41) is 9.33. The van der Waals surface area contributed by atoms with Gasteiger partial charge < -0.3 is 16.0 Å². The van der Waals surface area contributed by atoms with Crippen LogP contribution >= 0.6 is 0 Å². The molecule has 0 aliphatic heterocycles. The molecule has 0 fully saturated rings. The van der Waals surface area contributed by atoms with Crippen LogP contribution in [0.15, 0.2) is 54.7 Å². The predicted molar refractivity (Wildman–Crippen MR) is 112 cm³/mol. The normalized spacial score (nSPS) is 10.4. The highest BCUT2D eigenvalue weighted by molar-refractivity contribution is 5.90. The van der Waals surface area contributed by atoms with E-state index in [1.165, 1.54) is 0 Å². The Hall–Kier alpha value is -3.48. The number of aryl methyl sites for hydroxylation is 1. The van der Waals surface area contributed by atoms with Crippen LogP contribution in [0.5, 0.6) is 0 Å². The Morgan fingerprint density at radius 3 is 2.32 bits per heavy atom. The molecular formula is C21H24N6O. The summed E-state index contributed by atoms with van der Waals surface area (Å²) >= 11 is 0. The van der Waals surface area contributed by atoms with Crippen LogP contribution in [0.1, 0.15) is 32.0 Å². The van der Waals surface area contributed by atoms with E-state index >= 15 is 0 Å². The largest absolute Gasteiger partial charge is 0.340 e. The first-order valence-electron chi connectivity index (χ1n) is 9.33. The summed E-state index contributed by atoms with van der Waals surface area (Å²) < 4.78 is 0. The number of anilines is 5. The maximum absolute atomic E-state index is 11.8. The van der Waals surface area contributed by atoms with Crippen LogP contribution in [0.2, 0.25) is 0 Å². The van der Waals surface area contributed by atoms with Gasteiger partial charge in [0.2, 0.25) is 5.91 Å². The first kappa shape index (κ1) is 19.3. The van der Waals surface area contributed by atoms with Crippen molar-refractivity contribution in [3.05, 3.63) is 60.6 Å². The lowest BCUT2D eigenvalue weighted by molar-refractivity contribution is -0.116. The molecule has 7 heteroatoms. The maximum Gasteiger partial charge on any atom is 0.224 e. The Morgan fingerprint density at radius 1 is 0.929 bits per heavy atom. The van der Waals surface area contributed by atoms with Gasteiger partial charge in [-0.25, -0.2) is 15.0 Å². The van der Waals surface area contributed by atoms with Crippen molar-refractivity contribution >= 4 is 34.7 Å². The Kier molecular flexibility index (Phi) is 6.51. The fourth-order valence-electron chi connectivity index (χ4n) is 2.61. The number of carbonyl (C=O) groups is 1. The highest BCUT2D eigenvalue weighted by Gasteiger charge is 2.05. The molecule has 1 aromatic carbocycles. The molecule has 3 rings (SSSR count). The number of pyridine rings is 1. The highest BCUT2D eigenvalue weighted by atomic mass is 16.1. The number of amides is 1. The van der Waals surface area contributed by atoms with Gasteiger partial charge in [0.1, 0.15) is 23.3 Å². The Labute approximate surface area is 164 Å². The monoisotopic (exact) mass is 376 g/mol. The van der Waals surface area contributed by atoms with Crippen molar-refractivity contribution in [2.24, 2.45) is 0 Å². The number of nitrogens with one attached hydrogen (secondary N) is 3. The van der Waals surface area contributed by atoms with Gasteiger partial charge in [-0.1, -0.05) is 19.4 Å². The van der Waals surface area contributed by atoms with Gasteiger partial charge in [-0.3, -0.25) is 4.79 Å². The number of nitrogens with zero attached hydrogens (tertiary/aromatic N) is 3. The quantitative estimate of drug-likeness (QED) is 0.523. The van der Waals surface area contributed by atoms with Crippen LogP contribution in [0.3, 0.4) is 0 Å².